The molecule has 21 heavy (non-hydrogen) atoms. The molecule has 1 saturated heterocycles. The van der Waals surface area contributed by atoms with E-state index in [4.69, 9.17) is 0 Å². The summed E-state index contributed by atoms with van der Waals surface area (Å²) in [6.07, 6.45) is 2.23. The molecule has 1 heterocycles. The first kappa shape index (κ1) is 16.5. The number of hydrogen-bond acceptors (Lipinski definition) is 3. The lowest BCUT2D eigenvalue weighted by Crippen LogP contribution is -2.37. The van der Waals surface area contributed by atoms with E-state index in [9.17, 15) is 5.11 Å². The number of hydrogen-bond donors (Lipinski definition) is 1. The summed E-state index contributed by atoms with van der Waals surface area (Å²) in [5.74, 6) is 1.07. The van der Waals surface area contributed by atoms with Crippen molar-refractivity contribution in [3.63, 3.8) is 0 Å². The minimum Gasteiger partial charge on any atom is -0.388 e. The Kier molecular flexibility index (Phi) is 6.22. The molecule has 0 amide bonds. The van der Waals surface area contributed by atoms with Crippen molar-refractivity contribution in [2.75, 3.05) is 40.3 Å². The maximum absolute atomic E-state index is 10.4. The number of piperidine rings is 1. The predicted octanol–water partition coefficient (Wildman–Crippen LogP) is 2.63. The highest BCUT2D eigenvalue weighted by molar-refractivity contribution is 5.17. The third-order valence-electron chi connectivity index (χ3n) is 4.69. The van der Waals surface area contributed by atoms with Crippen molar-refractivity contribution in [1.82, 2.24) is 9.80 Å². The van der Waals surface area contributed by atoms with Gasteiger partial charge in [0.25, 0.3) is 0 Å². The maximum Gasteiger partial charge on any atom is 0.0827 e. The number of aliphatic hydroxyl groups is 1. The zero-order chi connectivity index (χ0) is 15.2. The molecule has 1 aromatic carbocycles. The van der Waals surface area contributed by atoms with Crippen molar-refractivity contribution in [3.8, 4) is 0 Å². The van der Waals surface area contributed by atoms with E-state index in [1.807, 2.05) is 30.3 Å². The topological polar surface area (TPSA) is 26.7 Å². The van der Waals surface area contributed by atoms with E-state index in [0.29, 0.717) is 0 Å². The first-order valence-corrected chi connectivity index (χ1v) is 8.16. The van der Waals surface area contributed by atoms with Gasteiger partial charge in [-0.3, -0.25) is 0 Å². The van der Waals surface area contributed by atoms with Crippen LogP contribution in [0.4, 0.5) is 0 Å². The standard InChI is InChI=1S/C18H30N2O/c1-15(18(21)17-7-5-4-6-8-17)13-20(3)14-16-9-11-19(2)12-10-16/h4-8,15-16,18,21H,9-14H2,1-3H3. The summed E-state index contributed by atoms with van der Waals surface area (Å²) in [4.78, 5) is 4.81. The van der Waals surface area contributed by atoms with Crippen LogP contribution in [0.3, 0.4) is 0 Å². The highest BCUT2D eigenvalue weighted by Gasteiger charge is 2.21. The van der Waals surface area contributed by atoms with Crippen molar-refractivity contribution < 1.29 is 5.11 Å². The van der Waals surface area contributed by atoms with Gasteiger partial charge < -0.3 is 14.9 Å². The number of benzene rings is 1. The Morgan fingerprint density at radius 1 is 1.24 bits per heavy atom. The number of aliphatic hydroxyl groups excluding tert-OH is 1. The highest BCUT2D eigenvalue weighted by atomic mass is 16.3. The number of likely N-dealkylation sites (tertiary alicyclic amines) is 1. The van der Waals surface area contributed by atoms with E-state index in [1.54, 1.807) is 0 Å². The molecule has 0 spiro atoms. The zero-order valence-corrected chi connectivity index (χ0v) is 13.7. The van der Waals surface area contributed by atoms with Crippen LogP contribution in [0.5, 0.6) is 0 Å². The SMILES string of the molecule is CC(CN(C)CC1CCN(C)CC1)C(O)c1ccccc1. The molecule has 0 aliphatic carbocycles. The van der Waals surface area contributed by atoms with Crippen molar-refractivity contribution in [2.45, 2.75) is 25.9 Å². The van der Waals surface area contributed by atoms with Crippen LogP contribution < -0.4 is 0 Å². The van der Waals surface area contributed by atoms with Gasteiger partial charge in [-0.15, -0.1) is 0 Å². The Bertz CT molecular complexity index is 401. The highest BCUT2D eigenvalue weighted by Crippen LogP contribution is 2.23. The smallest absolute Gasteiger partial charge is 0.0827 e. The molecular formula is C18H30N2O. The monoisotopic (exact) mass is 290 g/mol. The van der Waals surface area contributed by atoms with Gasteiger partial charge in [0, 0.05) is 13.1 Å². The maximum atomic E-state index is 10.4. The van der Waals surface area contributed by atoms with Gasteiger partial charge in [-0.25, -0.2) is 0 Å². The van der Waals surface area contributed by atoms with Crippen molar-refractivity contribution in [1.29, 1.82) is 0 Å². The third kappa shape index (κ3) is 5.10. The molecule has 0 bridgehead atoms. The first-order chi connectivity index (χ1) is 10.1. The van der Waals surface area contributed by atoms with Gasteiger partial charge in [0.15, 0.2) is 0 Å². The van der Waals surface area contributed by atoms with Crippen LogP contribution in [0, 0.1) is 11.8 Å². The molecule has 2 unspecified atom stereocenters. The average Bonchev–Trinajstić information content (AvgIpc) is 2.49. The Morgan fingerprint density at radius 3 is 2.48 bits per heavy atom. The van der Waals surface area contributed by atoms with Crippen molar-refractivity contribution in [2.24, 2.45) is 11.8 Å². The molecule has 118 valence electrons. The molecule has 1 aliphatic heterocycles. The fourth-order valence-corrected chi connectivity index (χ4v) is 3.33. The van der Waals surface area contributed by atoms with E-state index in [0.717, 1.165) is 24.6 Å². The van der Waals surface area contributed by atoms with Crippen LogP contribution in [0.15, 0.2) is 30.3 Å². The lowest BCUT2D eigenvalue weighted by molar-refractivity contribution is 0.0858. The molecule has 1 fully saturated rings. The molecule has 3 heteroatoms. The minimum absolute atomic E-state index is 0.253. The van der Waals surface area contributed by atoms with Crippen molar-refractivity contribution in [3.05, 3.63) is 35.9 Å². The van der Waals surface area contributed by atoms with Crippen LogP contribution in [0.25, 0.3) is 0 Å². The van der Waals surface area contributed by atoms with Crippen molar-refractivity contribution >= 4 is 0 Å². The van der Waals surface area contributed by atoms with Crippen LogP contribution >= 0.6 is 0 Å². The van der Waals surface area contributed by atoms with E-state index < -0.39 is 0 Å². The van der Waals surface area contributed by atoms with Crippen LogP contribution in [0.2, 0.25) is 0 Å². The number of nitrogens with zero attached hydrogens (tertiary/aromatic N) is 2. The average molecular weight is 290 g/mol. The Morgan fingerprint density at radius 2 is 1.86 bits per heavy atom. The van der Waals surface area contributed by atoms with Gasteiger partial charge >= 0.3 is 0 Å². The molecule has 1 aliphatic rings. The molecule has 0 radical (unpaired) electrons. The van der Waals surface area contributed by atoms with Crippen LogP contribution in [-0.4, -0.2) is 55.2 Å². The summed E-state index contributed by atoms with van der Waals surface area (Å²) < 4.78 is 0. The lowest BCUT2D eigenvalue weighted by Gasteiger charge is -2.33. The summed E-state index contributed by atoms with van der Waals surface area (Å²) in [6, 6.07) is 10.0. The second-order valence-electron chi connectivity index (χ2n) is 6.80. The van der Waals surface area contributed by atoms with Gasteiger partial charge in [-0.1, -0.05) is 37.3 Å². The van der Waals surface area contributed by atoms with E-state index in [-0.39, 0.29) is 12.0 Å². The molecule has 0 saturated carbocycles. The van der Waals surface area contributed by atoms with Crippen LogP contribution in [-0.2, 0) is 0 Å². The largest absolute Gasteiger partial charge is 0.388 e. The zero-order valence-electron chi connectivity index (χ0n) is 13.7. The molecular weight excluding hydrogens is 260 g/mol. The Labute approximate surface area is 129 Å². The van der Waals surface area contributed by atoms with Crippen LogP contribution in [0.1, 0.15) is 31.4 Å². The Balaban J connectivity index is 1.78. The molecule has 0 aromatic heterocycles. The first-order valence-electron chi connectivity index (χ1n) is 8.16. The summed E-state index contributed by atoms with van der Waals surface area (Å²) in [5, 5.41) is 10.4. The molecule has 2 rings (SSSR count). The van der Waals surface area contributed by atoms with E-state index >= 15 is 0 Å². The predicted molar refractivity (Wildman–Crippen MR) is 88.3 cm³/mol. The molecule has 1 N–H and O–H groups in total. The van der Waals surface area contributed by atoms with Gasteiger partial charge in [0.2, 0.25) is 0 Å². The molecule has 2 atom stereocenters. The van der Waals surface area contributed by atoms with Gasteiger partial charge in [0.1, 0.15) is 0 Å². The Hall–Kier alpha value is -0.900. The van der Waals surface area contributed by atoms with Gasteiger partial charge in [-0.2, -0.15) is 0 Å². The van der Waals surface area contributed by atoms with E-state index in [2.05, 4.69) is 30.8 Å². The molecule has 1 aromatic rings. The quantitative estimate of drug-likeness (QED) is 0.872. The minimum atomic E-state index is -0.369. The van der Waals surface area contributed by atoms with E-state index in [1.165, 1.54) is 25.9 Å². The van der Waals surface area contributed by atoms with Gasteiger partial charge in [-0.05, 0) is 57.4 Å². The van der Waals surface area contributed by atoms with Gasteiger partial charge in [0.05, 0.1) is 6.10 Å². The second-order valence-corrected chi connectivity index (χ2v) is 6.80. The summed E-state index contributed by atoms with van der Waals surface area (Å²) in [5.41, 5.74) is 1.03. The summed E-state index contributed by atoms with van der Waals surface area (Å²) >= 11 is 0. The summed E-state index contributed by atoms with van der Waals surface area (Å²) in [6.45, 7) is 6.69. The number of rotatable bonds is 6. The molecule has 3 nitrogen and oxygen atoms in total. The lowest BCUT2D eigenvalue weighted by atomic mass is 9.94. The summed E-state index contributed by atoms with van der Waals surface area (Å²) in [7, 11) is 4.39. The fraction of sp³-hybridized carbons (Fsp3) is 0.667. The second kappa shape index (κ2) is 7.92. The normalized spacial score (nSPS) is 20.6. The fourth-order valence-electron chi connectivity index (χ4n) is 3.33. The third-order valence-corrected chi connectivity index (χ3v) is 4.69.